The normalized spacial score (nSPS) is 23.6. The van der Waals surface area contributed by atoms with E-state index < -0.39 is 45.4 Å². The summed E-state index contributed by atoms with van der Waals surface area (Å²) in [5.74, 6) is -2.72. The minimum absolute atomic E-state index is 0.188. The number of carbonyl (C=O) groups excluding carboxylic acids is 2. The SMILES string of the molecule is CO[C@@]1(NC(=O)CS(=O)CC#N)C(=O)N2C(C(=O)O)=C(CSc3nnc(C)o3)CS[C@@H]21. The maximum atomic E-state index is 12.9. The number of carboxylic acid groups (broad SMARTS) is 1. The van der Waals surface area contributed by atoms with Gasteiger partial charge in [0.25, 0.3) is 16.9 Å². The number of ether oxygens (including phenoxy) is 1. The Balaban J connectivity index is 1.78. The first-order valence-corrected chi connectivity index (χ1v) is 12.2. The monoisotopic (exact) mass is 487 g/mol. The molecule has 1 unspecified atom stereocenters. The summed E-state index contributed by atoms with van der Waals surface area (Å²) in [5, 5.41) is 27.7. The van der Waals surface area contributed by atoms with Crippen LogP contribution in [0.3, 0.4) is 0 Å². The lowest BCUT2D eigenvalue weighted by atomic mass is 9.98. The third-order valence-corrected chi connectivity index (χ3v) is 7.67. The summed E-state index contributed by atoms with van der Waals surface area (Å²) in [6.45, 7) is 1.63. The highest BCUT2D eigenvalue weighted by atomic mass is 32.2. The predicted octanol–water partition coefficient (Wildman–Crippen LogP) is -0.545. The van der Waals surface area contributed by atoms with Crippen molar-refractivity contribution >= 4 is 52.1 Å². The van der Waals surface area contributed by atoms with Crippen molar-refractivity contribution in [2.24, 2.45) is 0 Å². The van der Waals surface area contributed by atoms with Crippen molar-refractivity contribution in [2.75, 3.05) is 30.1 Å². The van der Waals surface area contributed by atoms with Gasteiger partial charge in [-0.25, -0.2) is 4.79 Å². The number of aromatic nitrogens is 2. The van der Waals surface area contributed by atoms with Gasteiger partial charge in [0.2, 0.25) is 11.8 Å². The van der Waals surface area contributed by atoms with E-state index in [1.54, 1.807) is 13.0 Å². The Labute approximate surface area is 187 Å². The summed E-state index contributed by atoms with van der Waals surface area (Å²) in [7, 11) is -0.494. The number of nitrogens with zero attached hydrogens (tertiary/aromatic N) is 4. The molecule has 2 amide bonds. The first-order valence-electron chi connectivity index (χ1n) is 8.65. The highest BCUT2D eigenvalue weighted by Crippen LogP contribution is 2.47. The molecular formula is C16H17N5O7S3. The standard InChI is InChI=1S/C16H17N5O7S3/c1-8-19-20-15(28-8)30-6-9-5-29-14-16(27-2,13(25)21(14)11(9)12(23)24)18-10(22)7-31(26)4-3-17/h14H,4-7H2,1-2H3,(H,18,22)(H,23,24)/t14-,16+,31?/m1/s1. The van der Waals surface area contributed by atoms with Gasteiger partial charge in [-0.05, 0) is 5.57 Å². The van der Waals surface area contributed by atoms with Gasteiger partial charge in [0.15, 0.2) is 0 Å². The Morgan fingerprint density at radius 1 is 1.55 bits per heavy atom. The number of carboxylic acids is 1. The number of hydrogen-bond donors (Lipinski definition) is 2. The van der Waals surface area contributed by atoms with Crippen LogP contribution in [0.5, 0.6) is 0 Å². The van der Waals surface area contributed by atoms with Gasteiger partial charge in [-0.15, -0.1) is 22.0 Å². The average molecular weight is 488 g/mol. The van der Waals surface area contributed by atoms with Gasteiger partial charge in [-0.1, -0.05) is 11.8 Å². The van der Waals surface area contributed by atoms with E-state index in [-0.39, 0.29) is 28.2 Å². The van der Waals surface area contributed by atoms with Gasteiger partial charge >= 0.3 is 5.97 Å². The second kappa shape index (κ2) is 9.39. The Morgan fingerprint density at radius 3 is 2.87 bits per heavy atom. The van der Waals surface area contributed by atoms with Gasteiger partial charge < -0.3 is 19.6 Å². The molecule has 1 saturated heterocycles. The molecule has 1 aromatic heterocycles. The Hall–Kier alpha value is -2.41. The fourth-order valence-electron chi connectivity index (χ4n) is 3.05. The van der Waals surface area contributed by atoms with E-state index in [2.05, 4.69) is 15.5 Å². The molecule has 1 aromatic rings. The van der Waals surface area contributed by atoms with Crippen molar-refractivity contribution in [3.8, 4) is 6.07 Å². The Kier molecular flexibility index (Phi) is 7.04. The first-order chi connectivity index (χ1) is 14.7. The maximum absolute atomic E-state index is 12.9. The highest BCUT2D eigenvalue weighted by Gasteiger charge is 2.66. The molecule has 3 heterocycles. The summed E-state index contributed by atoms with van der Waals surface area (Å²) in [4.78, 5) is 38.2. The second-order valence-electron chi connectivity index (χ2n) is 6.35. The number of β-lactam (4-membered cyclic amide) rings is 1. The molecule has 0 bridgehead atoms. The zero-order valence-corrected chi connectivity index (χ0v) is 18.8. The van der Waals surface area contributed by atoms with E-state index in [1.807, 2.05) is 0 Å². The molecule has 3 rings (SSSR count). The average Bonchev–Trinajstić information content (AvgIpc) is 3.14. The van der Waals surface area contributed by atoms with Crippen LogP contribution in [0.1, 0.15) is 5.89 Å². The molecule has 12 nitrogen and oxygen atoms in total. The largest absolute Gasteiger partial charge is 0.477 e. The molecule has 2 N–H and O–H groups in total. The number of thioether (sulfide) groups is 2. The number of hydrogen-bond acceptors (Lipinski definition) is 11. The van der Waals surface area contributed by atoms with Gasteiger partial charge in [0, 0.05) is 36.3 Å². The van der Waals surface area contributed by atoms with Crippen molar-refractivity contribution < 1.29 is 32.9 Å². The molecule has 0 radical (unpaired) electrons. The number of fused-ring (bicyclic) bond motifs is 1. The van der Waals surface area contributed by atoms with Crippen molar-refractivity contribution in [3.63, 3.8) is 0 Å². The number of aryl methyl sites for hydroxylation is 1. The number of methoxy groups -OCH3 is 1. The third kappa shape index (κ3) is 4.47. The van der Waals surface area contributed by atoms with Crippen molar-refractivity contribution in [3.05, 3.63) is 17.2 Å². The van der Waals surface area contributed by atoms with E-state index in [9.17, 15) is 23.7 Å². The van der Waals surface area contributed by atoms with Crippen LogP contribution in [0.15, 0.2) is 20.9 Å². The highest BCUT2D eigenvalue weighted by molar-refractivity contribution is 8.01. The lowest BCUT2D eigenvalue weighted by molar-refractivity contribution is -0.192. The fourth-order valence-corrected chi connectivity index (χ4v) is 6.05. The molecule has 31 heavy (non-hydrogen) atoms. The van der Waals surface area contributed by atoms with E-state index >= 15 is 0 Å². The van der Waals surface area contributed by atoms with Crippen molar-refractivity contribution in [2.45, 2.75) is 23.2 Å². The van der Waals surface area contributed by atoms with E-state index in [1.165, 1.54) is 18.9 Å². The Bertz CT molecular complexity index is 1020. The number of nitriles is 1. The van der Waals surface area contributed by atoms with E-state index in [0.717, 1.165) is 16.7 Å². The molecule has 15 heteroatoms. The van der Waals surface area contributed by atoms with Gasteiger partial charge in [0.1, 0.15) is 22.6 Å². The summed E-state index contributed by atoms with van der Waals surface area (Å²) in [5.41, 5.74) is -1.48. The number of aliphatic carboxylic acids is 1. The number of rotatable bonds is 9. The Morgan fingerprint density at radius 2 is 2.29 bits per heavy atom. The van der Waals surface area contributed by atoms with Crippen molar-refractivity contribution in [1.29, 1.82) is 5.26 Å². The van der Waals surface area contributed by atoms with E-state index in [4.69, 9.17) is 14.4 Å². The van der Waals surface area contributed by atoms with Crippen molar-refractivity contribution in [1.82, 2.24) is 20.4 Å². The minimum atomic E-state index is -1.78. The van der Waals surface area contributed by atoms with Crippen LogP contribution in [0.4, 0.5) is 0 Å². The van der Waals surface area contributed by atoms with Crippen LogP contribution in [0.25, 0.3) is 0 Å². The number of carbonyl (C=O) groups is 3. The molecule has 2 aliphatic heterocycles. The molecular weight excluding hydrogens is 470 g/mol. The van der Waals surface area contributed by atoms with Crippen LogP contribution < -0.4 is 5.32 Å². The maximum Gasteiger partial charge on any atom is 0.352 e. The molecule has 0 aliphatic carbocycles. The fraction of sp³-hybridized carbons (Fsp3) is 0.500. The molecule has 0 aromatic carbocycles. The lowest BCUT2D eigenvalue weighted by Gasteiger charge is -2.55. The second-order valence-corrected chi connectivity index (χ2v) is 9.80. The smallest absolute Gasteiger partial charge is 0.352 e. The van der Waals surface area contributed by atoms with Gasteiger partial charge in [-0.3, -0.25) is 18.7 Å². The topological polar surface area (TPSA) is 176 Å². The first kappa shape index (κ1) is 23.3. The number of amides is 2. The van der Waals surface area contributed by atoms with Crippen LogP contribution in [-0.2, 0) is 29.9 Å². The molecule has 0 spiro atoms. The molecule has 2 aliphatic rings. The molecule has 1 fully saturated rings. The molecule has 0 saturated carbocycles. The van der Waals surface area contributed by atoms with Gasteiger partial charge in [0.05, 0.1) is 6.07 Å². The molecule has 166 valence electrons. The summed E-state index contributed by atoms with van der Waals surface area (Å²) >= 11 is 2.38. The third-order valence-electron chi connectivity index (χ3n) is 4.35. The number of nitrogens with one attached hydrogen (secondary N) is 1. The van der Waals surface area contributed by atoms with Crippen LogP contribution in [0, 0.1) is 18.3 Å². The lowest BCUT2D eigenvalue weighted by Crippen LogP contribution is -2.81. The van der Waals surface area contributed by atoms with E-state index in [0.29, 0.717) is 11.5 Å². The molecule has 3 atom stereocenters. The quantitative estimate of drug-likeness (QED) is 0.259. The summed E-state index contributed by atoms with van der Waals surface area (Å²) < 4.78 is 22.2. The predicted molar refractivity (Wildman–Crippen MR) is 109 cm³/mol. The van der Waals surface area contributed by atoms with Gasteiger partial charge in [-0.2, -0.15) is 5.26 Å². The van der Waals surface area contributed by atoms with Crippen LogP contribution in [-0.4, -0.2) is 83.4 Å². The van der Waals surface area contributed by atoms with Crippen LogP contribution >= 0.6 is 23.5 Å². The minimum Gasteiger partial charge on any atom is -0.477 e. The van der Waals surface area contributed by atoms with Crippen LogP contribution in [0.2, 0.25) is 0 Å². The zero-order chi connectivity index (χ0) is 22.8. The summed E-state index contributed by atoms with van der Waals surface area (Å²) in [6.07, 6.45) is 0. The summed E-state index contributed by atoms with van der Waals surface area (Å²) in [6, 6.07) is 1.70. The zero-order valence-electron chi connectivity index (χ0n) is 16.3.